The number of hydrogen-bond acceptors (Lipinski definition) is 2. The summed E-state index contributed by atoms with van der Waals surface area (Å²) in [5, 5.41) is 9.20. The zero-order chi connectivity index (χ0) is 9.68. The first-order valence-corrected chi connectivity index (χ1v) is 6.15. The zero-order valence-electron chi connectivity index (χ0n) is 8.16. The first-order valence-electron chi connectivity index (χ1n) is 5.10. The topological polar surface area (TPSA) is 37.3 Å². The Kier molecular flexibility index (Phi) is 4.64. The van der Waals surface area contributed by atoms with E-state index in [-0.39, 0.29) is 5.92 Å². The quantitative estimate of drug-likeness (QED) is 0.673. The minimum absolute atomic E-state index is 0.0494. The number of carboxylic acid groups (broad SMARTS) is 1. The molecule has 0 radical (unpaired) electrons. The van der Waals surface area contributed by atoms with E-state index < -0.39 is 5.97 Å². The van der Waals surface area contributed by atoms with Gasteiger partial charge in [-0.1, -0.05) is 19.8 Å². The molecule has 0 heterocycles. The molecule has 0 aromatic rings. The normalized spacial score (nSPS) is 26.8. The third-order valence-corrected chi connectivity index (χ3v) is 4.12. The third-order valence-electron chi connectivity index (χ3n) is 2.61. The summed E-state index contributed by atoms with van der Waals surface area (Å²) in [6.07, 6.45) is 5.75. The number of hydrogen-bond donors (Lipinski definition) is 1. The molecule has 2 unspecified atom stereocenters. The van der Waals surface area contributed by atoms with Gasteiger partial charge in [0.15, 0.2) is 0 Å². The van der Waals surface area contributed by atoms with Crippen molar-refractivity contribution < 1.29 is 9.90 Å². The number of thioether (sulfide) groups is 1. The van der Waals surface area contributed by atoms with Gasteiger partial charge in [-0.15, -0.1) is 0 Å². The van der Waals surface area contributed by atoms with E-state index in [1.807, 2.05) is 11.8 Å². The molecule has 1 fully saturated rings. The van der Waals surface area contributed by atoms with Crippen LogP contribution in [0.3, 0.4) is 0 Å². The summed E-state index contributed by atoms with van der Waals surface area (Å²) in [4.78, 5) is 10.7. The summed E-state index contributed by atoms with van der Waals surface area (Å²) in [7, 11) is 0. The average Bonchev–Trinajstić information content (AvgIpc) is 2.01. The largest absolute Gasteiger partial charge is 0.481 e. The van der Waals surface area contributed by atoms with E-state index in [9.17, 15) is 4.79 Å². The molecule has 0 aromatic heterocycles. The van der Waals surface area contributed by atoms with Gasteiger partial charge >= 0.3 is 5.97 Å². The first-order chi connectivity index (χ1) is 6.25. The monoisotopic (exact) mass is 202 g/mol. The molecule has 0 saturated heterocycles. The van der Waals surface area contributed by atoms with Crippen LogP contribution in [0.2, 0.25) is 0 Å². The summed E-state index contributed by atoms with van der Waals surface area (Å²) in [5.41, 5.74) is 0. The molecule has 2 nitrogen and oxygen atoms in total. The van der Waals surface area contributed by atoms with Crippen molar-refractivity contribution >= 4 is 17.7 Å². The van der Waals surface area contributed by atoms with Gasteiger partial charge in [-0.3, -0.25) is 4.79 Å². The van der Waals surface area contributed by atoms with Crippen LogP contribution < -0.4 is 0 Å². The van der Waals surface area contributed by atoms with Crippen molar-refractivity contribution in [1.29, 1.82) is 0 Å². The highest BCUT2D eigenvalue weighted by Crippen LogP contribution is 2.37. The highest BCUT2D eigenvalue weighted by molar-refractivity contribution is 8.00. The SMILES string of the molecule is CCCCCSC1CCC1C(=O)O. The highest BCUT2D eigenvalue weighted by atomic mass is 32.2. The number of carboxylic acids is 1. The van der Waals surface area contributed by atoms with Gasteiger partial charge in [-0.25, -0.2) is 0 Å². The van der Waals surface area contributed by atoms with Crippen molar-refractivity contribution in [2.75, 3.05) is 5.75 Å². The Morgan fingerprint density at radius 3 is 2.69 bits per heavy atom. The number of rotatable bonds is 6. The van der Waals surface area contributed by atoms with Crippen molar-refractivity contribution in [1.82, 2.24) is 0 Å². The molecule has 1 aliphatic carbocycles. The molecule has 3 heteroatoms. The second-order valence-electron chi connectivity index (χ2n) is 3.64. The Balaban J connectivity index is 2.05. The van der Waals surface area contributed by atoms with Crippen molar-refractivity contribution in [3.63, 3.8) is 0 Å². The van der Waals surface area contributed by atoms with E-state index in [0.717, 1.165) is 18.6 Å². The zero-order valence-corrected chi connectivity index (χ0v) is 8.98. The molecule has 1 N–H and O–H groups in total. The van der Waals surface area contributed by atoms with Gasteiger partial charge in [-0.2, -0.15) is 11.8 Å². The molecule has 2 atom stereocenters. The Hall–Kier alpha value is -0.180. The van der Waals surface area contributed by atoms with Crippen LogP contribution in [0.1, 0.15) is 39.0 Å². The minimum atomic E-state index is -0.598. The second kappa shape index (κ2) is 5.53. The van der Waals surface area contributed by atoms with E-state index in [1.54, 1.807) is 0 Å². The lowest BCUT2D eigenvalue weighted by atomic mass is 9.85. The van der Waals surface area contributed by atoms with Crippen LogP contribution in [0, 0.1) is 5.92 Å². The molecule has 0 aliphatic heterocycles. The molecular formula is C10H18O2S. The Morgan fingerprint density at radius 1 is 1.46 bits per heavy atom. The lowest BCUT2D eigenvalue weighted by Crippen LogP contribution is -2.35. The maximum Gasteiger partial charge on any atom is 0.307 e. The molecule has 0 amide bonds. The van der Waals surface area contributed by atoms with Crippen LogP contribution in [0.4, 0.5) is 0 Å². The number of carbonyl (C=O) groups is 1. The maximum atomic E-state index is 10.7. The highest BCUT2D eigenvalue weighted by Gasteiger charge is 2.36. The van der Waals surface area contributed by atoms with E-state index in [1.165, 1.54) is 19.3 Å². The maximum absolute atomic E-state index is 10.7. The van der Waals surface area contributed by atoms with Gasteiger partial charge in [0.05, 0.1) is 5.92 Å². The molecule has 1 saturated carbocycles. The fraction of sp³-hybridized carbons (Fsp3) is 0.900. The van der Waals surface area contributed by atoms with E-state index in [4.69, 9.17) is 5.11 Å². The van der Waals surface area contributed by atoms with Crippen molar-refractivity contribution in [2.24, 2.45) is 5.92 Å². The van der Waals surface area contributed by atoms with Crippen LogP contribution >= 0.6 is 11.8 Å². The summed E-state index contributed by atoms with van der Waals surface area (Å²) >= 11 is 1.86. The smallest absolute Gasteiger partial charge is 0.307 e. The number of unbranched alkanes of at least 4 members (excludes halogenated alkanes) is 2. The van der Waals surface area contributed by atoms with E-state index in [0.29, 0.717) is 5.25 Å². The molecular weight excluding hydrogens is 184 g/mol. The lowest BCUT2D eigenvalue weighted by molar-refractivity contribution is -0.144. The van der Waals surface area contributed by atoms with Gasteiger partial charge in [0.25, 0.3) is 0 Å². The van der Waals surface area contributed by atoms with Crippen molar-refractivity contribution in [3.05, 3.63) is 0 Å². The standard InChI is InChI=1S/C10H18O2S/c1-2-3-4-7-13-9-6-5-8(9)10(11)12/h8-9H,2-7H2,1H3,(H,11,12). The third kappa shape index (κ3) is 3.22. The minimum Gasteiger partial charge on any atom is -0.481 e. The van der Waals surface area contributed by atoms with E-state index in [2.05, 4.69) is 6.92 Å². The van der Waals surface area contributed by atoms with Crippen LogP contribution in [0.25, 0.3) is 0 Å². The fourth-order valence-corrected chi connectivity index (χ4v) is 3.00. The van der Waals surface area contributed by atoms with Gasteiger partial charge < -0.3 is 5.11 Å². The fourth-order valence-electron chi connectivity index (χ4n) is 1.54. The van der Waals surface area contributed by atoms with Crippen molar-refractivity contribution in [2.45, 2.75) is 44.3 Å². The van der Waals surface area contributed by atoms with Gasteiger partial charge in [0, 0.05) is 5.25 Å². The molecule has 0 bridgehead atoms. The van der Waals surface area contributed by atoms with Gasteiger partial charge in [0.1, 0.15) is 0 Å². The predicted octanol–water partition coefficient (Wildman–Crippen LogP) is 2.77. The van der Waals surface area contributed by atoms with E-state index >= 15 is 0 Å². The number of aliphatic carboxylic acids is 1. The lowest BCUT2D eigenvalue weighted by Gasteiger charge is -2.32. The van der Waals surface area contributed by atoms with Crippen LogP contribution in [0.15, 0.2) is 0 Å². The van der Waals surface area contributed by atoms with Crippen LogP contribution in [0.5, 0.6) is 0 Å². The average molecular weight is 202 g/mol. The molecule has 76 valence electrons. The molecule has 1 aliphatic rings. The Bertz CT molecular complexity index is 170. The van der Waals surface area contributed by atoms with Crippen LogP contribution in [-0.4, -0.2) is 22.1 Å². The summed E-state index contributed by atoms with van der Waals surface area (Å²) < 4.78 is 0. The summed E-state index contributed by atoms with van der Waals surface area (Å²) in [5.74, 6) is 0.494. The summed E-state index contributed by atoms with van der Waals surface area (Å²) in [6, 6.07) is 0. The second-order valence-corrected chi connectivity index (χ2v) is 4.99. The summed E-state index contributed by atoms with van der Waals surface area (Å²) in [6.45, 7) is 2.19. The first kappa shape index (κ1) is 10.9. The Labute approximate surface area is 84.1 Å². The molecule has 0 spiro atoms. The van der Waals surface area contributed by atoms with Crippen LogP contribution in [-0.2, 0) is 4.79 Å². The molecule has 13 heavy (non-hydrogen) atoms. The molecule has 0 aromatic carbocycles. The van der Waals surface area contributed by atoms with Crippen molar-refractivity contribution in [3.8, 4) is 0 Å². The predicted molar refractivity (Wildman–Crippen MR) is 56.1 cm³/mol. The molecule has 1 rings (SSSR count). The Morgan fingerprint density at radius 2 is 2.23 bits per heavy atom. The van der Waals surface area contributed by atoms with Gasteiger partial charge in [-0.05, 0) is 25.0 Å². The van der Waals surface area contributed by atoms with Gasteiger partial charge in [0.2, 0.25) is 0 Å².